The van der Waals surface area contributed by atoms with Crippen LogP contribution in [0.2, 0.25) is 0 Å². The van der Waals surface area contributed by atoms with Crippen LogP contribution in [0.4, 0.5) is 0 Å². The zero-order chi connectivity index (χ0) is 11.3. The molecule has 15 heavy (non-hydrogen) atoms. The lowest BCUT2D eigenvalue weighted by molar-refractivity contribution is 0.0377. The number of nitrogens with two attached hydrogens (primary N) is 1. The van der Waals surface area contributed by atoms with Gasteiger partial charge in [-0.15, -0.1) is 0 Å². The van der Waals surface area contributed by atoms with Crippen LogP contribution >= 0.6 is 12.2 Å². The minimum atomic E-state index is 0.435. The Labute approximate surface area is 98.0 Å². The monoisotopic (exact) mass is 230 g/mol. The van der Waals surface area contributed by atoms with E-state index in [1.54, 1.807) is 0 Å². The Hall–Kier alpha value is -0.190. The van der Waals surface area contributed by atoms with Gasteiger partial charge < -0.3 is 15.4 Å². The average molecular weight is 230 g/mol. The van der Waals surface area contributed by atoms with Gasteiger partial charge in [0.1, 0.15) is 0 Å². The predicted octanol–water partition coefficient (Wildman–Crippen LogP) is 1.41. The second-order valence-corrected chi connectivity index (χ2v) is 5.07. The van der Waals surface area contributed by atoms with Crippen molar-refractivity contribution < 1.29 is 4.74 Å². The summed E-state index contributed by atoms with van der Waals surface area (Å²) in [5.41, 5.74) is 5.54. The highest BCUT2D eigenvalue weighted by Gasteiger charge is 2.18. The normalized spacial score (nSPS) is 24.1. The van der Waals surface area contributed by atoms with E-state index in [9.17, 15) is 0 Å². The summed E-state index contributed by atoms with van der Waals surface area (Å²) in [6.07, 6.45) is 3.28. The average Bonchev–Trinajstić information content (AvgIpc) is 2.18. The topological polar surface area (TPSA) is 38.5 Å². The fraction of sp³-hybridized carbons (Fsp3) is 0.909. The molecule has 0 amide bonds. The Morgan fingerprint density at radius 3 is 2.93 bits per heavy atom. The lowest BCUT2D eigenvalue weighted by Gasteiger charge is -2.30. The summed E-state index contributed by atoms with van der Waals surface area (Å²) in [6, 6.07) is 0.435. The Bertz CT molecular complexity index is 205. The van der Waals surface area contributed by atoms with E-state index in [1.807, 2.05) is 0 Å². The standard InChI is InChI=1S/C11H22N2OS/c1-9(6-11(12)15)13(2)7-10-4-3-5-14-8-10/h9-10H,3-8H2,1-2H3,(H2,12,15). The zero-order valence-electron chi connectivity index (χ0n) is 9.74. The summed E-state index contributed by atoms with van der Waals surface area (Å²) in [5, 5.41) is 0. The van der Waals surface area contributed by atoms with E-state index in [2.05, 4.69) is 18.9 Å². The van der Waals surface area contributed by atoms with Crippen molar-refractivity contribution in [3.8, 4) is 0 Å². The molecule has 2 atom stereocenters. The first-order valence-corrected chi connectivity index (χ1v) is 6.06. The lowest BCUT2D eigenvalue weighted by Crippen LogP contribution is -2.38. The van der Waals surface area contributed by atoms with Gasteiger partial charge in [0.2, 0.25) is 0 Å². The molecule has 1 saturated heterocycles. The van der Waals surface area contributed by atoms with Gasteiger partial charge in [-0.25, -0.2) is 0 Å². The third-order valence-corrected chi connectivity index (χ3v) is 3.22. The third-order valence-electron chi connectivity index (χ3n) is 3.05. The molecule has 2 unspecified atom stereocenters. The molecule has 4 heteroatoms. The second-order valence-electron chi connectivity index (χ2n) is 4.54. The largest absolute Gasteiger partial charge is 0.393 e. The van der Waals surface area contributed by atoms with Gasteiger partial charge in [0.05, 0.1) is 11.6 Å². The maximum atomic E-state index is 5.54. The number of ether oxygens (including phenoxy) is 1. The molecule has 88 valence electrons. The van der Waals surface area contributed by atoms with Gasteiger partial charge in [0.15, 0.2) is 0 Å². The molecule has 0 aromatic carbocycles. The molecule has 1 aliphatic rings. The molecule has 0 aromatic rings. The highest BCUT2D eigenvalue weighted by atomic mass is 32.1. The van der Waals surface area contributed by atoms with Crippen LogP contribution in [-0.2, 0) is 4.74 Å². The van der Waals surface area contributed by atoms with E-state index in [4.69, 9.17) is 22.7 Å². The molecule has 1 heterocycles. The first-order chi connectivity index (χ1) is 7.09. The summed E-state index contributed by atoms with van der Waals surface area (Å²) in [4.78, 5) is 2.94. The van der Waals surface area contributed by atoms with Crippen LogP contribution in [0.5, 0.6) is 0 Å². The van der Waals surface area contributed by atoms with Gasteiger partial charge in [0, 0.05) is 25.6 Å². The summed E-state index contributed by atoms with van der Waals surface area (Å²) < 4.78 is 5.47. The van der Waals surface area contributed by atoms with Gasteiger partial charge in [-0.05, 0) is 32.7 Å². The molecular formula is C11H22N2OS. The number of hydrogen-bond acceptors (Lipinski definition) is 3. The van der Waals surface area contributed by atoms with Crippen molar-refractivity contribution in [2.75, 3.05) is 26.8 Å². The molecule has 0 saturated carbocycles. The van der Waals surface area contributed by atoms with Gasteiger partial charge >= 0.3 is 0 Å². The maximum absolute atomic E-state index is 5.54. The molecule has 2 N–H and O–H groups in total. The second kappa shape index (κ2) is 6.40. The fourth-order valence-electron chi connectivity index (χ4n) is 1.99. The zero-order valence-corrected chi connectivity index (χ0v) is 10.6. The minimum absolute atomic E-state index is 0.435. The van der Waals surface area contributed by atoms with Crippen LogP contribution in [0.3, 0.4) is 0 Å². The molecule has 0 spiro atoms. The molecule has 0 radical (unpaired) electrons. The first-order valence-electron chi connectivity index (χ1n) is 5.66. The molecule has 0 bridgehead atoms. The van der Waals surface area contributed by atoms with Crippen LogP contribution in [-0.4, -0.2) is 42.7 Å². The summed E-state index contributed by atoms with van der Waals surface area (Å²) in [5.74, 6) is 0.678. The van der Waals surface area contributed by atoms with Crippen LogP contribution in [0.1, 0.15) is 26.2 Å². The molecule has 1 aliphatic heterocycles. The number of thiocarbonyl (C=S) groups is 1. The summed E-state index contributed by atoms with van der Waals surface area (Å²) in [6.45, 7) is 5.10. The highest BCUT2D eigenvalue weighted by molar-refractivity contribution is 7.80. The van der Waals surface area contributed by atoms with Crippen molar-refractivity contribution in [2.45, 2.75) is 32.2 Å². The van der Waals surface area contributed by atoms with E-state index in [-0.39, 0.29) is 0 Å². The van der Waals surface area contributed by atoms with Crippen molar-refractivity contribution in [3.63, 3.8) is 0 Å². The molecule has 3 nitrogen and oxygen atoms in total. The van der Waals surface area contributed by atoms with Gasteiger partial charge in [-0.1, -0.05) is 12.2 Å². The molecule has 1 fully saturated rings. The smallest absolute Gasteiger partial charge is 0.0742 e. The summed E-state index contributed by atoms with van der Waals surface area (Å²) >= 11 is 4.92. The maximum Gasteiger partial charge on any atom is 0.0742 e. The Morgan fingerprint density at radius 1 is 1.67 bits per heavy atom. The van der Waals surface area contributed by atoms with E-state index in [1.165, 1.54) is 12.8 Å². The predicted molar refractivity (Wildman–Crippen MR) is 67.0 cm³/mol. The van der Waals surface area contributed by atoms with Crippen LogP contribution in [0.15, 0.2) is 0 Å². The number of hydrogen-bond donors (Lipinski definition) is 1. The van der Waals surface area contributed by atoms with E-state index >= 15 is 0 Å². The minimum Gasteiger partial charge on any atom is -0.393 e. The fourth-order valence-corrected chi connectivity index (χ4v) is 2.23. The third kappa shape index (κ3) is 4.91. The van der Waals surface area contributed by atoms with Gasteiger partial charge in [-0.2, -0.15) is 0 Å². The molecule has 1 rings (SSSR count). The van der Waals surface area contributed by atoms with Gasteiger partial charge in [0.25, 0.3) is 0 Å². The van der Waals surface area contributed by atoms with Crippen molar-refractivity contribution in [3.05, 3.63) is 0 Å². The van der Waals surface area contributed by atoms with E-state index < -0.39 is 0 Å². The Kier molecular flexibility index (Phi) is 5.50. The van der Waals surface area contributed by atoms with Crippen LogP contribution in [0.25, 0.3) is 0 Å². The molecule has 0 aromatic heterocycles. The summed E-state index contributed by atoms with van der Waals surface area (Å²) in [7, 11) is 2.14. The Balaban J connectivity index is 2.26. The lowest BCUT2D eigenvalue weighted by atomic mass is 10.0. The van der Waals surface area contributed by atoms with Crippen molar-refractivity contribution in [1.82, 2.24) is 4.90 Å². The highest BCUT2D eigenvalue weighted by Crippen LogP contribution is 2.16. The van der Waals surface area contributed by atoms with Crippen molar-refractivity contribution in [1.29, 1.82) is 0 Å². The number of nitrogens with zero attached hydrogens (tertiary/aromatic N) is 1. The first kappa shape index (κ1) is 12.9. The van der Waals surface area contributed by atoms with Crippen LogP contribution < -0.4 is 5.73 Å². The van der Waals surface area contributed by atoms with Crippen molar-refractivity contribution >= 4 is 17.2 Å². The van der Waals surface area contributed by atoms with Crippen molar-refractivity contribution in [2.24, 2.45) is 11.7 Å². The van der Waals surface area contributed by atoms with E-state index in [0.717, 1.165) is 26.2 Å². The van der Waals surface area contributed by atoms with Crippen LogP contribution in [0, 0.1) is 5.92 Å². The molecule has 0 aliphatic carbocycles. The Morgan fingerprint density at radius 2 is 2.40 bits per heavy atom. The quantitative estimate of drug-likeness (QED) is 0.725. The SMILES string of the molecule is CC(CC(N)=S)N(C)CC1CCCOC1. The molecular weight excluding hydrogens is 208 g/mol. The van der Waals surface area contributed by atoms with Gasteiger partial charge in [-0.3, -0.25) is 0 Å². The number of rotatable bonds is 5. The van der Waals surface area contributed by atoms with E-state index in [0.29, 0.717) is 16.9 Å².